The molecule has 0 amide bonds. The van der Waals surface area contributed by atoms with Crippen LogP contribution >= 0.6 is 11.3 Å². The molecule has 0 radical (unpaired) electrons. The summed E-state index contributed by atoms with van der Waals surface area (Å²) < 4.78 is 1.25. The molecule has 0 aliphatic carbocycles. The van der Waals surface area contributed by atoms with Crippen molar-refractivity contribution in [1.29, 1.82) is 0 Å². The Labute approximate surface area is 108 Å². The molecule has 5 nitrogen and oxygen atoms in total. The Hall–Kier alpha value is -1.69. The van der Waals surface area contributed by atoms with Crippen molar-refractivity contribution in [2.24, 2.45) is 0 Å². The van der Waals surface area contributed by atoms with E-state index in [1.165, 1.54) is 15.9 Å². The van der Waals surface area contributed by atoms with Gasteiger partial charge in [-0.05, 0) is 19.4 Å². The van der Waals surface area contributed by atoms with Crippen molar-refractivity contribution in [3.05, 3.63) is 26.6 Å². The van der Waals surface area contributed by atoms with Crippen LogP contribution in [0.15, 0.2) is 4.79 Å². The molecule has 0 aromatic carbocycles. The maximum Gasteiger partial charge on any atom is 0.323 e. The van der Waals surface area contributed by atoms with Gasteiger partial charge < -0.3 is 5.11 Å². The number of hydrogen-bond acceptors (Lipinski definition) is 4. The van der Waals surface area contributed by atoms with Crippen molar-refractivity contribution < 1.29 is 9.90 Å². The van der Waals surface area contributed by atoms with Crippen LogP contribution in [-0.4, -0.2) is 20.6 Å². The first-order valence-electron chi connectivity index (χ1n) is 5.66. The lowest BCUT2D eigenvalue weighted by molar-refractivity contribution is -0.137. The summed E-state index contributed by atoms with van der Waals surface area (Å²) in [6.45, 7) is 5.33. The number of thiophene rings is 1. The molecular weight excluding hydrogens is 252 g/mol. The Morgan fingerprint density at radius 1 is 1.44 bits per heavy atom. The Kier molecular flexibility index (Phi) is 3.21. The summed E-state index contributed by atoms with van der Waals surface area (Å²) in [6.07, 6.45) is 0.536. The summed E-state index contributed by atoms with van der Waals surface area (Å²) in [7, 11) is 0. The van der Waals surface area contributed by atoms with Gasteiger partial charge in [0.15, 0.2) is 0 Å². The molecule has 96 valence electrons. The van der Waals surface area contributed by atoms with Crippen LogP contribution in [0.4, 0.5) is 0 Å². The zero-order valence-corrected chi connectivity index (χ0v) is 11.3. The standard InChI is InChI=1S/C12H14N2O3S/c1-4-8-13-11-10(6(2)7(3)18-11)12(17)14(8)5-9(15)16/h4-5H2,1-3H3,(H,15,16). The molecule has 0 saturated heterocycles. The van der Waals surface area contributed by atoms with Gasteiger partial charge in [0.2, 0.25) is 0 Å². The lowest BCUT2D eigenvalue weighted by Gasteiger charge is -2.08. The van der Waals surface area contributed by atoms with E-state index < -0.39 is 5.97 Å². The molecule has 0 aliphatic rings. The topological polar surface area (TPSA) is 72.2 Å². The van der Waals surface area contributed by atoms with Gasteiger partial charge in [-0.15, -0.1) is 11.3 Å². The van der Waals surface area contributed by atoms with Gasteiger partial charge in [-0.2, -0.15) is 0 Å². The van der Waals surface area contributed by atoms with Crippen LogP contribution in [0, 0.1) is 13.8 Å². The van der Waals surface area contributed by atoms with Crippen LogP contribution in [0.5, 0.6) is 0 Å². The SMILES string of the molecule is CCc1nc2sc(C)c(C)c2c(=O)n1CC(=O)O. The van der Waals surface area contributed by atoms with Gasteiger partial charge in [0.1, 0.15) is 17.2 Å². The van der Waals surface area contributed by atoms with Gasteiger partial charge >= 0.3 is 5.97 Å². The molecule has 0 spiro atoms. The number of aryl methyl sites for hydroxylation is 3. The highest BCUT2D eigenvalue weighted by Crippen LogP contribution is 2.26. The highest BCUT2D eigenvalue weighted by Gasteiger charge is 2.16. The van der Waals surface area contributed by atoms with Gasteiger partial charge in [0.05, 0.1) is 5.39 Å². The van der Waals surface area contributed by atoms with E-state index in [2.05, 4.69) is 4.98 Å². The molecule has 2 aromatic rings. The second-order valence-corrected chi connectivity index (χ2v) is 5.33. The number of carbonyl (C=O) groups is 1. The number of carboxylic acids is 1. The lowest BCUT2D eigenvalue weighted by Crippen LogP contribution is -2.28. The summed E-state index contributed by atoms with van der Waals surface area (Å²) in [5.41, 5.74) is 0.649. The zero-order valence-electron chi connectivity index (χ0n) is 10.5. The summed E-state index contributed by atoms with van der Waals surface area (Å²) in [5, 5.41) is 9.42. The van der Waals surface area contributed by atoms with E-state index in [0.29, 0.717) is 22.5 Å². The molecule has 18 heavy (non-hydrogen) atoms. The highest BCUT2D eigenvalue weighted by molar-refractivity contribution is 7.18. The maximum atomic E-state index is 12.3. The van der Waals surface area contributed by atoms with Crippen LogP contribution in [0.1, 0.15) is 23.2 Å². The fraction of sp³-hybridized carbons (Fsp3) is 0.417. The summed E-state index contributed by atoms with van der Waals surface area (Å²) in [6, 6.07) is 0. The van der Waals surface area contributed by atoms with Crippen molar-refractivity contribution in [1.82, 2.24) is 9.55 Å². The Balaban J connectivity index is 2.83. The molecule has 0 bridgehead atoms. The van der Waals surface area contributed by atoms with Crippen molar-refractivity contribution in [2.75, 3.05) is 0 Å². The number of nitrogens with zero attached hydrogens (tertiary/aromatic N) is 2. The van der Waals surface area contributed by atoms with E-state index in [1.54, 1.807) is 0 Å². The predicted octanol–water partition coefficient (Wildman–Crippen LogP) is 1.72. The van der Waals surface area contributed by atoms with Crippen LogP contribution in [-0.2, 0) is 17.8 Å². The molecule has 0 saturated carbocycles. The molecule has 0 atom stereocenters. The number of fused-ring (bicyclic) bond motifs is 1. The van der Waals surface area contributed by atoms with Gasteiger partial charge in [0.25, 0.3) is 5.56 Å². The third-order valence-electron chi connectivity index (χ3n) is 2.98. The Bertz CT molecular complexity index is 685. The van der Waals surface area contributed by atoms with E-state index in [9.17, 15) is 9.59 Å². The molecule has 2 heterocycles. The number of aliphatic carboxylic acids is 1. The second kappa shape index (κ2) is 4.53. The fourth-order valence-electron chi connectivity index (χ4n) is 1.94. The molecule has 1 N–H and O–H groups in total. The lowest BCUT2D eigenvalue weighted by atomic mass is 10.2. The normalized spacial score (nSPS) is 11.1. The maximum absolute atomic E-state index is 12.3. The fourth-order valence-corrected chi connectivity index (χ4v) is 2.98. The summed E-state index contributed by atoms with van der Waals surface area (Å²) in [4.78, 5) is 29.3. The largest absolute Gasteiger partial charge is 0.480 e. The van der Waals surface area contributed by atoms with Gasteiger partial charge in [-0.3, -0.25) is 14.2 Å². The number of carboxylic acid groups (broad SMARTS) is 1. The molecule has 6 heteroatoms. The monoisotopic (exact) mass is 266 g/mol. The Morgan fingerprint density at radius 2 is 2.11 bits per heavy atom. The average Bonchev–Trinajstić information content (AvgIpc) is 2.58. The van der Waals surface area contributed by atoms with E-state index in [0.717, 1.165) is 10.4 Å². The van der Waals surface area contributed by atoms with E-state index in [1.807, 2.05) is 20.8 Å². The summed E-state index contributed by atoms with van der Waals surface area (Å²) in [5.74, 6) is -0.506. The first-order chi connectivity index (χ1) is 8.45. The quantitative estimate of drug-likeness (QED) is 0.918. The minimum atomic E-state index is -1.03. The molecule has 0 fully saturated rings. The van der Waals surface area contributed by atoms with E-state index >= 15 is 0 Å². The minimum absolute atomic E-state index is 0.249. The third-order valence-corrected chi connectivity index (χ3v) is 4.08. The summed E-state index contributed by atoms with van der Waals surface area (Å²) >= 11 is 1.48. The van der Waals surface area contributed by atoms with Gasteiger partial charge in [-0.1, -0.05) is 6.92 Å². The van der Waals surface area contributed by atoms with Crippen LogP contribution in [0.25, 0.3) is 10.2 Å². The second-order valence-electron chi connectivity index (χ2n) is 4.13. The molecule has 0 aliphatic heterocycles. The van der Waals surface area contributed by atoms with Crippen LogP contribution in [0.3, 0.4) is 0 Å². The average molecular weight is 266 g/mol. The number of hydrogen-bond donors (Lipinski definition) is 1. The minimum Gasteiger partial charge on any atom is -0.480 e. The predicted molar refractivity (Wildman–Crippen MR) is 70.4 cm³/mol. The van der Waals surface area contributed by atoms with Crippen LogP contribution in [0.2, 0.25) is 0 Å². The molecular formula is C12H14N2O3S. The van der Waals surface area contributed by atoms with Crippen molar-refractivity contribution in [3.8, 4) is 0 Å². The smallest absolute Gasteiger partial charge is 0.323 e. The van der Waals surface area contributed by atoms with E-state index in [-0.39, 0.29) is 12.1 Å². The van der Waals surface area contributed by atoms with Crippen molar-refractivity contribution in [3.63, 3.8) is 0 Å². The van der Waals surface area contributed by atoms with Crippen molar-refractivity contribution >= 4 is 27.5 Å². The van der Waals surface area contributed by atoms with Crippen molar-refractivity contribution in [2.45, 2.75) is 33.7 Å². The zero-order chi connectivity index (χ0) is 13.4. The molecule has 2 aromatic heterocycles. The van der Waals surface area contributed by atoms with Gasteiger partial charge in [-0.25, -0.2) is 4.98 Å². The highest BCUT2D eigenvalue weighted by atomic mass is 32.1. The van der Waals surface area contributed by atoms with E-state index in [4.69, 9.17) is 5.11 Å². The Morgan fingerprint density at radius 3 is 2.67 bits per heavy atom. The first-order valence-corrected chi connectivity index (χ1v) is 6.48. The van der Waals surface area contributed by atoms with Gasteiger partial charge in [0, 0.05) is 11.3 Å². The van der Waals surface area contributed by atoms with Crippen LogP contribution < -0.4 is 5.56 Å². The third kappa shape index (κ3) is 1.92. The molecule has 2 rings (SSSR count). The first kappa shape index (κ1) is 12.8. The number of aromatic nitrogens is 2. The molecule has 0 unspecified atom stereocenters. The number of rotatable bonds is 3.